The summed E-state index contributed by atoms with van der Waals surface area (Å²) in [5.74, 6) is -1.95. The van der Waals surface area contributed by atoms with E-state index in [0.29, 0.717) is 23.0 Å². The van der Waals surface area contributed by atoms with Gasteiger partial charge >= 0.3 is 5.97 Å². The summed E-state index contributed by atoms with van der Waals surface area (Å²) in [6, 6.07) is 0.747. The number of carboxylic acids is 1. The van der Waals surface area contributed by atoms with Gasteiger partial charge < -0.3 is 21.0 Å². The highest BCUT2D eigenvalue weighted by Gasteiger charge is 2.54. The van der Waals surface area contributed by atoms with Crippen molar-refractivity contribution in [1.82, 2.24) is 35.4 Å². The lowest BCUT2D eigenvalue weighted by molar-refractivity contribution is -0.150. The monoisotopic (exact) mass is 606 g/mol. The van der Waals surface area contributed by atoms with Crippen LogP contribution >= 0.6 is 34.9 Å². The molecule has 0 bridgehead atoms. The SMILES string of the molecule is CCCCCCn1nnnc1SCC1=C(C(=O)O)N2C(=O)C(NC(=O)C(=NOCC#N)c3csc(N)n3)[C@H]2SC1. The number of carboxylic acid groups (broad SMARTS) is 1. The molecule has 4 heterocycles. The third-order valence-electron chi connectivity index (χ3n) is 5.90. The normalized spacial score (nSPS) is 18.6. The van der Waals surface area contributed by atoms with Gasteiger partial charge in [0.05, 0.1) is 0 Å². The summed E-state index contributed by atoms with van der Waals surface area (Å²) in [4.78, 5) is 48.4. The topological polar surface area (TPSA) is 215 Å². The number of fused-ring (bicyclic) bond motifs is 1. The summed E-state index contributed by atoms with van der Waals surface area (Å²) in [5.41, 5.74) is 5.98. The van der Waals surface area contributed by atoms with E-state index in [2.05, 4.69) is 37.9 Å². The number of amides is 2. The van der Waals surface area contributed by atoms with Crippen LogP contribution in [0.5, 0.6) is 0 Å². The highest BCUT2D eigenvalue weighted by Crippen LogP contribution is 2.41. The van der Waals surface area contributed by atoms with Crippen molar-refractivity contribution in [3.05, 3.63) is 22.3 Å². The molecule has 212 valence electrons. The zero-order valence-corrected chi connectivity index (χ0v) is 23.8. The predicted octanol–water partition coefficient (Wildman–Crippen LogP) is 1.07. The number of hydrogen-bond donors (Lipinski definition) is 3. The minimum atomic E-state index is -1.23. The molecule has 1 fully saturated rings. The van der Waals surface area contributed by atoms with Crippen molar-refractivity contribution < 1.29 is 24.3 Å². The van der Waals surface area contributed by atoms with E-state index in [-0.39, 0.29) is 28.0 Å². The molecule has 4 rings (SSSR count). The Morgan fingerprint density at radius 3 is 2.92 bits per heavy atom. The van der Waals surface area contributed by atoms with Crippen molar-refractivity contribution in [2.45, 2.75) is 55.7 Å². The second kappa shape index (κ2) is 13.6. The third kappa shape index (κ3) is 6.54. The van der Waals surface area contributed by atoms with Crippen LogP contribution in [0, 0.1) is 11.3 Å². The van der Waals surface area contributed by atoms with E-state index in [1.165, 1.54) is 33.8 Å². The lowest BCUT2D eigenvalue weighted by atomic mass is 10.0. The van der Waals surface area contributed by atoms with E-state index in [9.17, 15) is 19.5 Å². The molecule has 15 nitrogen and oxygen atoms in total. The number of anilines is 1. The van der Waals surface area contributed by atoms with Crippen molar-refractivity contribution in [3.8, 4) is 6.07 Å². The second-order valence-electron chi connectivity index (χ2n) is 8.59. The molecule has 2 aliphatic heterocycles. The van der Waals surface area contributed by atoms with Crippen molar-refractivity contribution in [3.63, 3.8) is 0 Å². The summed E-state index contributed by atoms with van der Waals surface area (Å²) in [5, 5.41) is 38.4. The van der Waals surface area contributed by atoms with Gasteiger partial charge in [-0.15, -0.1) is 28.2 Å². The number of tetrazole rings is 1. The third-order valence-corrected chi connectivity index (χ3v) is 8.96. The van der Waals surface area contributed by atoms with E-state index in [0.717, 1.165) is 37.0 Å². The van der Waals surface area contributed by atoms with E-state index in [4.69, 9.17) is 15.8 Å². The molecule has 4 N–H and O–H groups in total. The van der Waals surface area contributed by atoms with E-state index < -0.39 is 35.8 Å². The fourth-order valence-corrected chi connectivity index (χ4v) is 6.95. The van der Waals surface area contributed by atoms with Gasteiger partial charge in [-0.25, -0.2) is 14.5 Å². The molecule has 1 saturated heterocycles. The number of hydrogen-bond acceptors (Lipinski definition) is 14. The van der Waals surface area contributed by atoms with Crippen LogP contribution < -0.4 is 11.1 Å². The molecule has 2 aromatic rings. The zero-order chi connectivity index (χ0) is 28.6. The number of rotatable bonds is 14. The molecule has 2 amide bonds. The number of nitrogens with two attached hydrogens (primary N) is 1. The molecular weight excluding hydrogens is 581 g/mol. The van der Waals surface area contributed by atoms with Crippen molar-refractivity contribution in [1.29, 1.82) is 5.26 Å². The van der Waals surface area contributed by atoms with Crippen LogP contribution in [0.1, 0.15) is 38.3 Å². The first-order valence-electron chi connectivity index (χ1n) is 12.2. The fourth-order valence-electron chi connectivity index (χ4n) is 4.01. The molecule has 0 aliphatic carbocycles. The van der Waals surface area contributed by atoms with Gasteiger partial charge in [0.1, 0.15) is 28.9 Å². The number of carbonyl (C=O) groups is 3. The molecule has 2 atom stereocenters. The molecule has 1 unspecified atom stereocenters. The van der Waals surface area contributed by atoms with Crippen molar-refractivity contribution in [2.24, 2.45) is 5.16 Å². The van der Waals surface area contributed by atoms with Gasteiger partial charge in [0.15, 0.2) is 10.8 Å². The number of thiazole rings is 1. The van der Waals surface area contributed by atoms with Crippen molar-refractivity contribution >= 4 is 63.5 Å². The Kier molecular flexibility index (Phi) is 9.95. The zero-order valence-electron chi connectivity index (χ0n) is 21.3. The number of β-lactam (4-membered cyclic amide) rings is 1. The van der Waals surface area contributed by atoms with Gasteiger partial charge in [-0.2, -0.15) is 5.26 Å². The smallest absolute Gasteiger partial charge is 0.352 e. The first-order valence-corrected chi connectivity index (χ1v) is 15.1. The summed E-state index contributed by atoms with van der Waals surface area (Å²) in [6.45, 7) is 2.41. The minimum Gasteiger partial charge on any atom is -0.477 e. The molecule has 2 aromatic heterocycles. The number of nitriles is 1. The molecule has 0 aromatic carbocycles. The molecular formula is C22H26N10O5S3. The Morgan fingerprint density at radius 2 is 2.23 bits per heavy atom. The first kappa shape index (κ1) is 29.3. The molecule has 40 heavy (non-hydrogen) atoms. The summed E-state index contributed by atoms with van der Waals surface area (Å²) in [7, 11) is 0. The number of nitrogens with zero attached hydrogens (tertiary/aromatic N) is 8. The maximum atomic E-state index is 13.1. The number of nitrogen functional groups attached to an aromatic ring is 1. The molecule has 18 heteroatoms. The minimum absolute atomic E-state index is 0.104. The molecule has 0 spiro atoms. The van der Waals surface area contributed by atoms with Crippen LogP contribution in [0.2, 0.25) is 0 Å². The summed E-state index contributed by atoms with van der Waals surface area (Å²) in [6.07, 6.45) is 4.26. The fraction of sp³-hybridized carbons (Fsp3) is 0.500. The maximum absolute atomic E-state index is 13.1. The number of unbranched alkanes of at least 4 members (excludes halogenated alkanes) is 3. The number of aromatic nitrogens is 5. The average molecular weight is 607 g/mol. The van der Waals surface area contributed by atoms with Crippen LogP contribution in [0.15, 0.2) is 27.0 Å². The van der Waals surface area contributed by atoms with Crippen LogP contribution in [0.25, 0.3) is 0 Å². The Bertz CT molecular complexity index is 1370. The Balaban J connectivity index is 1.44. The molecule has 0 radical (unpaired) electrons. The van der Waals surface area contributed by atoms with Gasteiger partial charge in [0, 0.05) is 23.4 Å². The van der Waals surface area contributed by atoms with E-state index in [1.807, 2.05) is 0 Å². The van der Waals surface area contributed by atoms with E-state index in [1.54, 1.807) is 10.8 Å². The lowest BCUT2D eigenvalue weighted by Crippen LogP contribution is -2.71. The number of nitrogens with one attached hydrogen (secondary N) is 1. The van der Waals surface area contributed by atoms with Gasteiger partial charge in [0.25, 0.3) is 11.8 Å². The van der Waals surface area contributed by atoms with Crippen LogP contribution in [-0.2, 0) is 25.8 Å². The Labute approximate surface area is 241 Å². The number of carbonyl (C=O) groups excluding carboxylic acids is 2. The highest BCUT2D eigenvalue weighted by atomic mass is 32.2. The summed E-state index contributed by atoms with van der Waals surface area (Å²) >= 11 is 3.73. The number of oxime groups is 1. The number of thioether (sulfide) groups is 2. The van der Waals surface area contributed by atoms with Gasteiger partial charge in [-0.3, -0.25) is 14.5 Å². The second-order valence-corrected chi connectivity index (χ2v) is 11.5. The lowest BCUT2D eigenvalue weighted by Gasteiger charge is -2.49. The van der Waals surface area contributed by atoms with Crippen LogP contribution in [0.4, 0.5) is 5.13 Å². The van der Waals surface area contributed by atoms with E-state index >= 15 is 0 Å². The first-order chi connectivity index (χ1) is 19.3. The van der Waals surface area contributed by atoms with Gasteiger partial charge in [-0.05, 0) is 22.4 Å². The Morgan fingerprint density at radius 1 is 1.40 bits per heavy atom. The van der Waals surface area contributed by atoms with Gasteiger partial charge in [0.2, 0.25) is 11.8 Å². The highest BCUT2D eigenvalue weighted by molar-refractivity contribution is 8.01. The van der Waals surface area contributed by atoms with Gasteiger partial charge in [-0.1, -0.05) is 43.1 Å². The standard InChI is InChI=1S/C22H26N10O5S3/c1-2-3-4-5-7-31-22(27-29-30-31)40-10-12-9-38-19-15(18(34)32(19)16(12)20(35)36)26-17(33)14(28-37-8-6-23)13-11-39-21(24)25-13/h11,15,19H,2-5,7-10H2,1H3,(H2,24,25)(H,26,33)(H,35,36)/t15?,19-/m1/s1. The quantitative estimate of drug-likeness (QED) is 0.0903. The Hall–Kier alpha value is -3.69. The van der Waals surface area contributed by atoms with Crippen LogP contribution in [0.3, 0.4) is 0 Å². The molecule has 2 aliphatic rings. The number of aliphatic carboxylic acids is 1. The maximum Gasteiger partial charge on any atom is 0.352 e. The molecule has 0 saturated carbocycles. The van der Waals surface area contributed by atoms with Crippen molar-refractivity contribution in [2.75, 3.05) is 23.8 Å². The predicted molar refractivity (Wildman–Crippen MR) is 147 cm³/mol. The largest absolute Gasteiger partial charge is 0.477 e. The summed E-state index contributed by atoms with van der Waals surface area (Å²) < 4.78 is 1.70. The average Bonchev–Trinajstić information content (AvgIpc) is 3.58. The van der Waals surface area contributed by atoms with Crippen LogP contribution in [-0.4, -0.2) is 88.2 Å². The number of aryl methyl sites for hydroxylation is 1.